The van der Waals surface area contributed by atoms with Crippen molar-refractivity contribution in [3.63, 3.8) is 0 Å². The van der Waals surface area contributed by atoms with E-state index in [2.05, 4.69) is 71.4 Å². The van der Waals surface area contributed by atoms with Crippen LogP contribution in [0.25, 0.3) is 0 Å². The minimum atomic E-state index is 0.181. The smallest absolute Gasteiger partial charge is 0.223 e. The number of aryl methyl sites for hydroxylation is 1. The molecule has 0 radical (unpaired) electrons. The van der Waals surface area contributed by atoms with Crippen LogP contribution in [0.15, 0.2) is 109 Å². The van der Waals surface area contributed by atoms with Crippen LogP contribution in [0, 0.1) is 0 Å². The highest BCUT2D eigenvalue weighted by molar-refractivity contribution is 5.76. The molecule has 0 aliphatic heterocycles. The van der Waals surface area contributed by atoms with Gasteiger partial charge in [0.1, 0.15) is 0 Å². The molecule has 0 aliphatic rings. The fourth-order valence-corrected chi connectivity index (χ4v) is 3.81. The third-order valence-corrected chi connectivity index (χ3v) is 5.51. The number of benzene rings is 3. The molecule has 0 N–H and O–H groups in total. The van der Waals surface area contributed by atoms with Gasteiger partial charge in [-0.3, -0.25) is 4.79 Å². The van der Waals surface area contributed by atoms with Crippen LogP contribution in [0.3, 0.4) is 0 Å². The standard InChI is InChI=1S/C28H28N2O/c31-28(19-18-24-11-4-1-5-12-24)30(22-26-15-8-3-9-16-26)23-27-17-10-20-29(27)21-25-13-6-2-7-14-25/h1-17,20H,18-19,21-23H2. The molecular formula is C28H28N2O. The molecule has 1 amide bonds. The van der Waals surface area contributed by atoms with E-state index in [1.807, 2.05) is 47.4 Å². The number of rotatable bonds is 9. The lowest BCUT2D eigenvalue weighted by Crippen LogP contribution is -2.31. The Morgan fingerprint density at radius 3 is 1.87 bits per heavy atom. The molecule has 4 rings (SSSR count). The van der Waals surface area contributed by atoms with Crippen molar-refractivity contribution in [3.8, 4) is 0 Å². The summed E-state index contributed by atoms with van der Waals surface area (Å²) in [5, 5.41) is 0. The molecule has 0 bridgehead atoms. The van der Waals surface area contributed by atoms with Gasteiger partial charge < -0.3 is 9.47 Å². The summed E-state index contributed by atoms with van der Waals surface area (Å²) in [5.74, 6) is 0.181. The average Bonchev–Trinajstić information content (AvgIpc) is 3.25. The quantitative estimate of drug-likeness (QED) is 0.349. The predicted octanol–water partition coefficient (Wildman–Crippen LogP) is 5.70. The van der Waals surface area contributed by atoms with E-state index in [0.717, 1.165) is 24.2 Å². The number of amides is 1. The van der Waals surface area contributed by atoms with Crippen molar-refractivity contribution in [2.24, 2.45) is 0 Å². The Morgan fingerprint density at radius 2 is 1.23 bits per heavy atom. The minimum absolute atomic E-state index is 0.181. The van der Waals surface area contributed by atoms with Crippen molar-refractivity contribution >= 4 is 5.91 Å². The molecule has 0 unspecified atom stereocenters. The lowest BCUT2D eigenvalue weighted by molar-refractivity contribution is -0.132. The van der Waals surface area contributed by atoms with Crippen LogP contribution in [-0.4, -0.2) is 15.4 Å². The SMILES string of the molecule is O=C(CCc1ccccc1)N(Cc1ccccc1)Cc1cccn1Cc1ccccc1. The minimum Gasteiger partial charge on any atom is -0.345 e. The largest absolute Gasteiger partial charge is 0.345 e. The second-order valence-electron chi connectivity index (χ2n) is 7.83. The van der Waals surface area contributed by atoms with E-state index in [-0.39, 0.29) is 5.91 Å². The zero-order chi connectivity index (χ0) is 21.3. The second kappa shape index (κ2) is 10.4. The average molecular weight is 409 g/mol. The van der Waals surface area contributed by atoms with Crippen LogP contribution in [0.4, 0.5) is 0 Å². The highest BCUT2D eigenvalue weighted by Crippen LogP contribution is 2.15. The highest BCUT2D eigenvalue weighted by Gasteiger charge is 2.16. The molecule has 4 aromatic rings. The molecule has 0 saturated carbocycles. The van der Waals surface area contributed by atoms with E-state index in [1.165, 1.54) is 11.1 Å². The summed E-state index contributed by atoms with van der Waals surface area (Å²) in [5.41, 5.74) is 4.75. The number of hydrogen-bond donors (Lipinski definition) is 0. The summed E-state index contributed by atoms with van der Waals surface area (Å²) in [7, 11) is 0. The van der Waals surface area contributed by atoms with Gasteiger partial charge in [-0.1, -0.05) is 91.0 Å². The molecule has 0 atom stereocenters. The molecule has 0 saturated heterocycles. The first-order valence-corrected chi connectivity index (χ1v) is 10.8. The Bertz CT molecular complexity index is 1070. The third kappa shape index (κ3) is 5.95. The number of hydrogen-bond acceptors (Lipinski definition) is 1. The van der Waals surface area contributed by atoms with Gasteiger partial charge in [0.05, 0.1) is 6.54 Å². The number of aromatic nitrogens is 1. The van der Waals surface area contributed by atoms with Gasteiger partial charge in [0.25, 0.3) is 0 Å². The first-order valence-electron chi connectivity index (χ1n) is 10.8. The fraction of sp³-hybridized carbons (Fsp3) is 0.179. The van der Waals surface area contributed by atoms with Gasteiger partial charge in [0, 0.05) is 31.4 Å². The highest BCUT2D eigenvalue weighted by atomic mass is 16.2. The summed E-state index contributed by atoms with van der Waals surface area (Å²) in [4.78, 5) is 15.2. The van der Waals surface area contributed by atoms with Gasteiger partial charge >= 0.3 is 0 Å². The first-order chi connectivity index (χ1) is 15.3. The van der Waals surface area contributed by atoms with Crippen molar-refractivity contribution in [2.75, 3.05) is 0 Å². The predicted molar refractivity (Wildman–Crippen MR) is 125 cm³/mol. The Kier molecular flexibility index (Phi) is 6.96. The molecule has 0 spiro atoms. The van der Waals surface area contributed by atoms with E-state index < -0.39 is 0 Å². The maximum atomic E-state index is 13.2. The van der Waals surface area contributed by atoms with E-state index in [0.29, 0.717) is 19.5 Å². The Balaban J connectivity index is 1.49. The topological polar surface area (TPSA) is 25.2 Å². The molecule has 0 fully saturated rings. The zero-order valence-corrected chi connectivity index (χ0v) is 17.7. The van der Waals surface area contributed by atoms with Gasteiger partial charge in [-0.05, 0) is 35.2 Å². The van der Waals surface area contributed by atoms with Crippen molar-refractivity contribution in [2.45, 2.75) is 32.5 Å². The normalized spacial score (nSPS) is 10.7. The van der Waals surface area contributed by atoms with Gasteiger partial charge in [-0.2, -0.15) is 0 Å². The van der Waals surface area contributed by atoms with E-state index in [1.54, 1.807) is 0 Å². The summed E-state index contributed by atoms with van der Waals surface area (Å²) in [6.45, 7) is 2.02. The zero-order valence-electron chi connectivity index (χ0n) is 17.7. The van der Waals surface area contributed by atoms with Crippen LogP contribution in [0.5, 0.6) is 0 Å². The van der Waals surface area contributed by atoms with Crippen LogP contribution in [-0.2, 0) is 30.8 Å². The monoisotopic (exact) mass is 408 g/mol. The van der Waals surface area contributed by atoms with Gasteiger partial charge in [-0.25, -0.2) is 0 Å². The van der Waals surface area contributed by atoms with Crippen LogP contribution < -0.4 is 0 Å². The van der Waals surface area contributed by atoms with Crippen molar-refractivity contribution in [1.82, 2.24) is 9.47 Å². The number of carbonyl (C=O) groups excluding carboxylic acids is 1. The van der Waals surface area contributed by atoms with Crippen LogP contribution in [0.2, 0.25) is 0 Å². The molecule has 3 aromatic carbocycles. The third-order valence-electron chi connectivity index (χ3n) is 5.51. The van der Waals surface area contributed by atoms with Crippen molar-refractivity contribution < 1.29 is 4.79 Å². The fourth-order valence-electron chi connectivity index (χ4n) is 3.81. The maximum Gasteiger partial charge on any atom is 0.223 e. The molecule has 1 heterocycles. The van der Waals surface area contributed by atoms with E-state index in [4.69, 9.17) is 0 Å². The number of nitrogens with zero attached hydrogens (tertiary/aromatic N) is 2. The molecule has 3 nitrogen and oxygen atoms in total. The summed E-state index contributed by atoms with van der Waals surface area (Å²) >= 11 is 0. The lowest BCUT2D eigenvalue weighted by Gasteiger charge is -2.24. The van der Waals surface area contributed by atoms with Crippen molar-refractivity contribution in [1.29, 1.82) is 0 Å². The number of carbonyl (C=O) groups is 1. The van der Waals surface area contributed by atoms with Crippen LogP contribution in [0.1, 0.15) is 28.8 Å². The first kappa shape index (κ1) is 20.7. The van der Waals surface area contributed by atoms with Gasteiger partial charge in [0.2, 0.25) is 5.91 Å². The molecule has 1 aromatic heterocycles. The molecule has 3 heteroatoms. The second-order valence-corrected chi connectivity index (χ2v) is 7.83. The lowest BCUT2D eigenvalue weighted by atomic mass is 10.1. The van der Waals surface area contributed by atoms with Crippen LogP contribution >= 0.6 is 0 Å². The molecular weight excluding hydrogens is 380 g/mol. The van der Waals surface area contributed by atoms with E-state index in [9.17, 15) is 4.79 Å². The van der Waals surface area contributed by atoms with Gasteiger partial charge in [-0.15, -0.1) is 0 Å². The summed E-state index contributed by atoms with van der Waals surface area (Å²) in [6.07, 6.45) is 3.36. The molecule has 156 valence electrons. The maximum absolute atomic E-state index is 13.2. The molecule has 0 aliphatic carbocycles. The Hall–Kier alpha value is -3.59. The summed E-state index contributed by atoms with van der Waals surface area (Å²) < 4.78 is 2.23. The van der Waals surface area contributed by atoms with Gasteiger partial charge in [0.15, 0.2) is 0 Å². The van der Waals surface area contributed by atoms with E-state index >= 15 is 0 Å². The summed E-state index contributed by atoms with van der Waals surface area (Å²) in [6, 6.07) is 35.1. The molecule has 31 heavy (non-hydrogen) atoms. The Morgan fingerprint density at radius 1 is 0.645 bits per heavy atom. The van der Waals surface area contributed by atoms with Crippen molar-refractivity contribution in [3.05, 3.63) is 132 Å². The Labute approximate surface area is 184 Å².